The highest BCUT2D eigenvalue weighted by atomic mass is 79.9. The summed E-state index contributed by atoms with van der Waals surface area (Å²) in [5.41, 5.74) is 1.76. The molecule has 4 aromatic rings. The van der Waals surface area contributed by atoms with E-state index >= 15 is 0 Å². The predicted molar refractivity (Wildman–Crippen MR) is 111 cm³/mol. The number of fused-ring (bicyclic) bond motifs is 3. The summed E-state index contributed by atoms with van der Waals surface area (Å²) >= 11 is 3.55. The molecule has 1 unspecified atom stereocenters. The average Bonchev–Trinajstić information content (AvgIpc) is 2.97. The van der Waals surface area contributed by atoms with Crippen molar-refractivity contribution >= 4 is 47.6 Å². The van der Waals surface area contributed by atoms with Crippen LogP contribution >= 0.6 is 15.9 Å². The topological polar surface area (TPSA) is 39.1 Å². The first kappa shape index (κ1) is 18.2. The minimum Gasteiger partial charge on any atom is -0.337 e. The first-order valence-electron chi connectivity index (χ1n) is 8.55. The minimum atomic E-state index is -3.68. The molecule has 1 atom stereocenters. The van der Waals surface area contributed by atoms with Crippen molar-refractivity contribution in [1.82, 2.24) is 4.57 Å². The van der Waals surface area contributed by atoms with Gasteiger partial charge in [0.05, 0.1) is 22.7 Å². The largest absolute Gasteiger partial charge is 0.337 e. The summed E-state index contributed by atoms with van der Waals surface area (Å²) in [5.74, 6) is -0.546. The van der Waals surface area contributed by atoms with E-state index in [1.165, 1.54) is 12.1 Å². The molecule has 0 saturated heterocycles. The molecule has 0 saturated carbocycles. The molecule has 3 nitrogen and oxygen atoms in total. The van der Waals surface area contributed by atoms with Crippen molar-refractivity contribution in [1.29, 1.82) is 0 Å². The van der Waals surface area contributed by atoms with Crippen molar-refractivity contribution < 1.29 is 12.8 Å². The summed E-state index contributed by atoms with van der Waals surface area (Å²) < 4.78 is 42.6. The molecule has 138 valence electrons. The molecule has 3 aromatic carbocycles. The van der Waals surface area contributed by atoms with E-state index in [0.717, 1.165) is 26.3 Å². The number of alkyl halides is 1. The molecule has 0 bridgehead atoms. The highest BCUT2D eigenvalue weighted by molar-refractivity contribution is 9.10. The van der Waals surface area contributed by atoms with Crippen LogP contribution in [-0.2, 0) is 16.4 Å². The van der Waals surface area contributed by atoms with Crippen LogP contribution in [0.4, 0.5) is 4.39 Å². The quantitative estimate of drug-likeness (QED) is 0.414. The molecule has 0 aliphatic rings. The highest BCUT2D eigenvalue weighted by Crippen LogP contribution is 2.34. The molecule has 4 rings (SSSR count). The van der Waals surface area contributed by atoms with Gasteiger partial charge in [-0.1, -0.05) is 48.5 Å². The molecule has 0 spiro atoms. The molecule has 0 aliphatic carbocycles. The maximum Gasteiger partial charge on any atom is 0.181 e. The van der Waals surface area contributed by atoms with Crippen LogP contribution in [0.2, 0.25) is 0 Å². The number of rotatable bonds is 5. The van der Waals surface area contributed by atoms with E-state index in [0.29, 0.717) is 0 Å². The highest BCUT2D eigenvalue weighted by Gasteiger charge is 2.23. The van der Waals surface area contributed by atoms with Crippen molar-refractivity contribution in [2.75, 3.05) is 5.75 Å². The Morgan fingerprint density at radius 3 is 2.33 bits per heavy atom. The fraction of sp³-hybridized carbons (Fsp3) is 0.143. The summed E-state index contributed by atoms with van der Waals surface area (Å²) in [6, 6.07) is 21.6. The maximum absolute atomic E-state index is 14.9. The zero-order valence-electron chi connectivity index (χ0n) is 14.3. The van der Waals surface area contributed by atoms with Crippen LogP contribution in [0.25, 0.3) is 21.8 Å². The lowest BCUT2D eigenvalue weighted by Gasteiger charge is -2.13. The van der Waals surface area contributed by atoms with E-state index in [9.17, 15) is 12.8 Å². The number of benzene rings is 3. The monoisotopic (exact) mass is 445 g/mol. The smallest absolute Gasteiger partial charge is 0.181 e. The van der Waals surface area contributed by atoms with Crippen LogP contribution in [0.3, 0.4) is 0 Å². The third-order valence-corrected chi connectivity index (χ3v) is 7.06. The van der Waals surface area contributed by atoms with Gasteiger partial charge < -0.3 is 4.57 Å². The summed E-state index contributed by atoms with van der Waals surface area (Å²) in [7, 11) is -3.68. The molecule has 0 aliphatic heterocycles. The second-order valence-electron chi connectivity index (χ2n) is 6.46. The van der Waals surface area contributed by atoms with Gasteiger partial charge in [0.1, 0.15) is 6.17 Å². The number of halogens is 2. The molecule has 6 heteroatoms. The summed E-state index contributed by atoms with van der Waals surface area (Å²) in [6.45, 7) is -0.0291. The van der Waals surface area contributed by atoms with Crippen LogP contribution in [0.15, 0.2) is 82.2 Å². The van der Waals surface area contributed by atoms with Crippen molar-refractivity contribution in [3.63, 3.8) is 0 Å². The Bertz CT molecular complexity index is 1220. The van der Waals surface area contributed by atoms with Crippen molar-refractivity contribution in [2.45, 2.75) is 17.6 Å². The van der Waals surface area contributed by atoms with Gasteiger partial charge in [0.25, 0.3) is 0 Å². The Balaban J connectivity index is 1.73. The third kappa shape index (κ3) is 3.39. The van der Waals surface area contributed by atoms with E-state index in [1.807, 2.05) is 47.0 Å². The zero-order valence-corrected chi connectivity index (χ0v) is 16.8. The van der Waals surface area contributed by atoms with Gasteiger partial charge in [0.2, 0.25) is 0 Å². The zero-order chi connectivity index (χ0) is 19.0. The standard InChI is InChI=1S/C21H17BrFNO2S/c22-19-11-6-10-18-17-9-4-5-12-20(17)24(21(18)19)13-15(23)14-27(25,26)16-7-2-1-3-8-16/h1-12,15H,13-14H2. The van der Waals surface area contributed by atoms with Gasteiger partial charge in [0, 0.05) is 20.8 Å². The predicted octanol–water partition coefficient (Wildman–Crippen LogP) is 5.37. The van der Waals surface area contributed by atoms with Gasteiger partial charge >= 0.3 is 0 Å². The molecule has 0 fully saturated rings. The Morgan fingerprint density at radius 2 is 1.56 bits per heavy atom. The van der Waals surface area contributed by atoms with Crippen molar-refractivity contribution in [3.05, 3.63) is 77.3 Å². The maximum atomic E-state index is 14.9. The van der Waals surface area contributed by atoms with Crippen LogP contribution < -0.4 is 0 Å². The molecule has 1 heterocycles. The molecule has 27 heavy (non-hydrogen) atoms. The second kappa shape index (κ2) is 7.09. The number of hydrogen-bond acceptors (Lipinski definition) is 2. The number of para-hydroxylation sites is 2. The number of nitrogens with zero attached hydrogens (tertiary/aromatic N) is 1. The van der Waals surface area contributed by atoms with Gasteiger partial charge in [0.15, 0.2) is 9.84 Å². The molecule has 0 N–H and O–H groups in total. The Morgan fingerprint density at radius 1 is 0.889 bits per heavy atom. The van der Waals surface area contributed by atoms with Crippen LogP contribution in [0.5, 0.6) is 0 Å². The lowest BCUT2D eigenvalue weighted by Crippen LogP contribution is -2.22. The number of sulfone groups is 1. The molecule has 0 radical (unpaired) electrons. The fourth-order valence-corrected chi connectivity index (χ4v) is 5.39. The van der Waals surface area contributed by atoms with Crippen LogP contribution in [-0.4, -0.2) is 24.9 Å². The fourth-order valence-electron chi connectivity index (χ4n) is 3.47. The molecular weight excluding hydrogens is 429 g/mol. The molecular formula is C21H17BrFNO2S. The van der Waals surface area contributed by atoms with Gasteiger partial charge in [-0.2, -0.15) is 0 Å². The lowest BCUT2D eigenvalue weighted by molar-refractivity contribution is 0.328. The van der Waals surface area contributed by atoms with E-state index in [4.69, 9.17) is 0 Å². The van der Waals surface area contributed by atoms with E-state index < -0.39 is 21.8 Å². The van der Waals surface area contributed by atoms with E-state index in [1.54, 1.807) is 18.2 Å². The van der Waals surface area contributed by atoms with Gasteiger partial charge in [-0.25, -0.2) is 12.8 Å². The Labute approximate surface area is 165 Å². The first-order valence-corrected chi connectivity index (χ1v) is 11.0. The Hall–Kier alpha value is -2.18. The average molecular weight is 446 g/mol. The Kier molecular flexibility index (Phi) is 4.78. The van der Waals surface area contributed by atoms with E-state index in [2.05, 4.69) is 15.9 Å². The van der Waals surface area contributed by atoms with Gasteiger partial charge in [-0.15, -0.1) is 0 Å². The summed E-state index contributed by atoms with van der Waals surface area (Å²) in [6.07, 6.45) is -1.53. The van der Waals surface area contributed by atoms with Crippen LogP contribution in [0.1, 0.15) is 0 Å². The van der Waals surface area contributed by atoms with Gasteiger partial charge in [-0.05, 0) is 40.2 Å². The number of aromatic nitrogens is 1. The van der Waals surface area contributed by atoms with Crippen molar-refractivity contribution in [3.8, 4) is 0 Å². The first-order chi connectivity index (χ1) is 13.0. The van der Waals surface area contributed by atoms with Crippen molar-refractivity contribution in [2.24, 2.45) is 0 Å². The van der Waals surface area contributed by atoms with E-state index in [-0.39, 0.29) is 11.4 Å². The summed E-state index contributed by atoms with van der Waals surface area (Å²) in [4.78, 5) is 0.149. The molecule has 0 amide bonds. The normalized spacial score (nSPS) is 13.3. The number of hydrogen-bond donors (Lipinski definition) is 0. The summed E-state index contributed by atoms with van der Waals surface area (Å²) in [5, 5.41) is 2.03. The minimum absolute atomic E-state index is 0.0291. The SMILES string of the molecule is O=S(=O)(CC(F)Cn1c2ccccc2c2cccc(Br)c21)c1ccccc1. The van der Waals surface area contributed by atoms with Gasteiger partial charge in [-0.3, -0.25) is 0 Å². The van der Waals surface area contributed by atoms with Crippen LogP contribution in [0, 0.1) is 0 Å². The molecule has 1 aromatic heterocycles. The second-order valence-corrected chi connectivity index (χ2v) is 9.34. The lowest BCUT2D eigenvalue weighted by atomic mass is 10.2. The third-order valence-electron chi connectivity index (χ3n) is 4.62.